The Morgan fingerprint density at radius 3 is 2.39 bits per heavy atom. The van der Waals surface area contributed by atoms with Gasteiger partial charge in [0.1, 0.15) is 0 Å². The van der Waals surface area contributed by atoms with Crippen LogP contribution in [0, 0.1) is 0 Å². The first kappa shape index (κ1) is 14.0. The average molecular weight is 319 g/mol. The first-order valence-corrected chi connectivity index (χ1v) is 8.48. The van der Waals surface area contributed by atoms with Crippen molar-refractivity contribution in [1.82, 2.24) is 0 Å². The van der Waals surface area contributed by atoms with Crippen LogP contribution in [-0.2, 0) is 0 Å². The lowest BCUT2D eigenvalue weighted by Gasteiger charge is -2.16. The van der Waals surface area contributed by atoms with Crippen molar-refractivity contribution in [3.8, 4) is 0 Å². The van der Waals surface area contributed by atoms with Crippen molar-refractivity contribution in [1.29, 1.82) is 0 Å². The first-order chi connectivity index (χ1) is 11.2. The molecular weight excluding hydrogens is 306 g/mol. The van der Waals surface area contributed by atoms with Crippen molar-refractivity contribution in [2.45, 2.75) is 4.90 Å². The summed E-state index contributed by atoms with van der Waals surface area (Å²) in [6.45, 7) is 0. The predicted octanol–water partition coefficient (Wildman–Crippen LogP) is 4.36. The van der Waals surface area contributed by atoms with Crippen LogP contribution in [0.1, 0.15) is 20.7 Å². The quantitative estimate of drug-likeness (QED) is 0.520. The van der Waals surface area contributed by atoms with E-state index in [0.29, 0.717) is 16.8 Å². The molecule has 1 heterocycles. The zero-order valence-corrected chi connectivity index (χ0v) is 13.3. The van der Waals surface area contributed by atoms with Crippen LogP contribution in [0.3, 0.4) is 0 Å². The maximum Gasteiger partial charge on any atom is 0.266 e. The molecular formula is C19H13NO2S. The van der Waals surface area contributed by atoms with Crippen molar-refractivity contribution < 1.29 is 9.59 Å². The van der Waals surface area contributed by atoms with E-state index in [1.807, 2.05) is 60.9 Å². The summed E-state index contributed by atoms with van der Waals surface area (Å²) in [4.78, 5) is 28.0. The molecule has 2 amide bonds. The number of para-hydroxylation sites is 1. The van der Waals surface area contributed by atoms with E-state index in [1.165, 1.54) is 16.7 Å². The lowest BCUT2D eigenvalue weighted by molar-refractivity contribution is 0.0926. The predicted molar refractivity (Wildman–Crippen MR) is 93.3 cm³/mol. The molecule has 112 valence electrons. The molecule has 0 saturated carbocycles. The molecule has 0 aliphatic carbocycles. The highest BCUT2D eigenvalue weighted by atomic mass is 32.2. The lowest BCUT2D eigenvalue weighted by atomic mass is 10.0. The van der Waals surface area contributed by atoms with Crippen LogP contribution >= 0.6 is 11.8 Å². The van der Waals surface area contributed by atoms with Gasteiger partial charge in [0.15, 0.2) is 0 Å². The topological polar surface area (TPSA) is 37.4 Å². The SMILES string of the molecule is CSc1ccccc1N1C(=O)c2ccc3ccccc3c2C1=O. The van der Waals surface area contributed by atoms with Gasteiger partial charge in [-0.2, -0.15) is 0 Å². The molecule has 23 heavy (non-hydrogen) atoms. The van der Waals surface area contributed by atoms with E-state index in [0.717, 1.165) is 15.7 Å². The van der Waals surface area contributed by atoms with Crippen LogP contribution < -0.4 is 4.90 Å². The fourth-order valence-corrected chi connectivity index (χ4v) is 3.62. The minimum absolute atomic E-state index is 0.247. The van der Waals surface area contributed by atoms with Crippen LogP contribution in [0.25, 0.3) is 10.8 Å². The molecule has 1 aliphatic rings. The van der Waals surface area contributed by atoms with Gasteiger partial charge in [-0.1, -0.05) is 42.5 Å². The third kappa shape index (κ3) is 1.99. The number of hydrogen-bond acceptors (Lipinski definition) is 3. The number of rotatable bonds is 2. The van der Waals surface area contributed by atoms with E-state index in [4.69, 9.17) is 0 Å². The fourth-order valence-electron chi connectivity index (χ4n) is 3.04. The van der Waals surface area contributed by atoms with Gasteiger partial charge < -0.3 is 0 Å². The van der Waals surface area contributed by atoms with Gasteiger partial charge in [0, 0.05) is 4.90 Å². The van der Waals surface area contributed by atoms with Crippen LogP contribution in [0.2, 0.25) is 0 Å². The second kappa shape index (κ2) is 5.25. The van der Waals surface area contributed by atoms with Crippen LogP contribution in [-0.4, -0.2) is 18.1 Å². The molecule has 0 spiro atoms. The molecule has 3 aromatic carbocycles. The van der Waals surface area contributed by atoms with Gasteiger partial charge in [-0.05, 0) is 35.2 Å². The monoisotopic (exact) mass is 319 g/mol. The fraction of sp³-hybridized carbons (Fsp3) is 0.0526. The summed E-state index contributed by atoms with van der Waals surface area (Å²) in [6, 6.07) is 18.8. The highest BCUT2D eigenvalue weighted by molar-refractivity contribution is 7.98. The Balaban J connectivity index is 1.95. The molecule has 0 aromatic heterocycles. The van der Waals surface area contributed by atoms with Crippen LogP contribution in [0.15, 0.2) is 65.6 Å². The Morgan fingerprint density at radius 2 is 1.57 bits per heavy atom. The standard InChI is InChI=1S/C19H13NO2S/c1-23-16-9-5-4-8-15(16)20-18(21)14-11-10-12-6-2-3-7-13(12)17(14)19(20)22/h2-11H,1H3. The molecule has 0 radical (unpaired) electrons. The zero-order valence-electron chi connectivity index (χ0n) is 12.4. The number of imide groups is 1. The summed E-state index contributed by atoms with van der Waals surface area (Å²) in [5.74, 6) is -0.499. The van der Waals surface area contributed by atoms with Gasteiger partial charge in [0.25, 0.3) is 11.8 Å². The Kier molecular flexibility index (Phi) is 3.20. The van der Waals surface area contributed by atoms with Gasteiger partial charge in [0.2, 0.25) is 0 Å². The van der Waals surface area contributed by atoms with Gasteiger partial charge in [0.05, 0.1) is 16.8 Å². The first-order valence-electron chi connectivity index (χ1n) is 7.26. The van der Waals surface area contributed by atoms with Crippen LogP contribution in [0.5, 0.6) is 0 Å². The molecule has 0 saturated heterocycles. The Hall–Kier alpha value is -2.59. The summed E-state index contributed by atoms with van der Waals surface area (Å²) in [7, 11) is 0. The van der Waals surface area contributed by atoms with E-state index in [2.05, 4.69) is 0 Å². The second-order valence-electron chi connectivity index (χ2n) is 5.33. The molecule has 1 aliphatic heterocycles. The van der Waals surface area contributed by atoms with Crippen molar-refractivity contribution >= 4 is 40.0 Å². The minimum Gasteiger partial charge on any atom is -0.268 e. The lowest BCUT2D eigenvalue weighted by Crippen LogP contribution is -2.29. The summed E-state index contributed by atoms with van der Waals surface area (Å²) in [6.07, 6.45) is 1.94. The summed E-state index contributed by atoms with van der Waals surface area (Å²) < 4.78 is 0. The highest BCUT2D eigenvalue weighted by Crippen LogP contribution is 2.37. The summed E-state index contributed by atoms with van der Waals surface area (Å²) in [5, 5.41) is 1.79. The van der Waals surface area contributed by atoms with Gasteiger partial charge >= 0.3 is 0 Å². The number of benzene rings is 3. The van der Waals surface area contributed by atoms with Crippen molar-refractivity contribution in [3.63, 3.8) is 0 Å². The van der Waals surface area contributed by atoms with Gasteiger partial charge in [-0.3, -0.25) is 9.59 Å². The number of hydrogen-bond donors (Lipinski definition) is 0. The van der Waals surface area contributed by atoms with Crippen molar-refractivity contribution in [2.24, 2.45) is 0 Å². The molecule has 0 fully saturated rings. The van der Waals surface area contributed by atoms with Crippen molar-refractivity contribution in [3.05, 3.63) is 71.8 Å². The third-order valence-corrected chi connectivity index (χ3v) is 4.89. The Labute approximate surface area is 137 Å². The molecule has 4 rings (SSSR count). The highest BCUT2D eigenvalue weighted by Gasteiger charge is 2.38. The van der Waals surface area contributed by atoms with E-state index in [9.17, 15) is 9.59 Å². The maximum absolute atomic E-state index is 13.0. The molecule has 0 N–H and O–H groups in total. The number of anilines is 1. The van der Waals surface area contributed by atoms with Gasteiger partial charge in [-0.15, -0.1) is 11.8 Å². The van der Waals surface area contributed by atoms with E-state index in [1.54, 1.807) is 6.07 Å². The van der Waals surface area contributed by atoms with Crippen molar-refractivity contribution in [2.75, 3.05) is 11.2 Å². The molecule has 0 atom stereocenters. The molecule has 3 nitrogen and oxygen atoms in total. The number of fused-ring (bicyclic) bond motifs is 3. The number of carbonyl (C=O) groups excluding carboxylic acids is 2. The van der Waals surface area contributed by atoms with E-state index >= 15 is 0 Å². The third-order valence-electron chi connectivity index (χ3n) is 4.11. The molecule has 0 bridgehead atoms. The number of nitrogens with zero attached hydrogens (tertiary/aromatic N) is 1. The van der Waals surface area contributed by atoms with E-state index in [-0.39, 0.29) is 11.8 Å². The summed E-state index contributed by atoms with van der Waals surface area (Å²) >= 11 is 1.52. The average Bonchev–Trinajstić information content (AvgIpc) is 2.86. The largest absolute Gasteiger partial charge is 0.268 e. The number of amides is 2. The van der Waals surface area contributed by atoms with E-state index < -0.39 is 0 Å². The number of thioether (sulfide) groups is 1. The maximum atomic E-state index is 13.0. The minimum atomic E-state index is -0.253. The smallest absolute Gasteiger partial charge is 0.266 e. The molecule has 0 unspecified atom stereocenters. The number of carbonyl (C=O) groups is 2. The Morgan fingerprint density at radius 1 is 0.826 bits per heavy atom. The van der Waals surface area contributed by atoms with Gasteiger partial charge in [-0.25, -0.2) is 4.90 Å². The normalized spacial score (nSPS) is 13.7. The Bertz CT molecular complexity index is 964. The zero-order chi connectivity index (χ0) is 16.0. The summed E-state index contributed by atoms with van der Waals surface area (Å²) in [5.41, 5.74) is 1.63. The second-order valence-corrected chi connectivity index (χ2v) is 6.17. The molecule has 4 heteroatoms. The molecule has 3 aromatic rings. The van der Waals surface area contributed by atoms with Crippen LogP contribution in [0.4, 0.5) is 5.69 Å².